The molecule has 1 aromatic rings. The number of urea groups is 1. The Morgan fingerprint density at radius 3 is 2.56 bits per heavy atom. The number of nitrogens with one attached hydrogen (secondary N) is 1. The van der Waals surface area contributed by atoms with Crippen LogP contribution in [-0.4, -0.2) is 24.0 Å². The highest BCUT2D eigenvalue weighted by atomic mass is 16.2. The molecule has 0 aliphatic carbocycles. The van der Waals surface area contributed by atoms with Crippen LogP contribution in [0, 0.1) is 11.3 Å². The second-order valence-corrected chi connectivity index (χ2v) is 3.26. The molecule has 84 valence electrons. The first-order valence-electron chi connectivity index (χ1n) is 5.28. The Balaban J connectivity index is 2.81. The predicted molar refractivity (Wildman–Crippen MR) is 63.1 cm³/mol. The van der Waals surface area contributed by atoms with Gasteiger partial charge >= 0.3 is 6.03 Å². The Morgan fingerprint density at radius 2 is 2.00 bits per heavy atom. The molecule has 0 aromatic heterocycles. The van der Waals surface area contributed by atoms with Gasteiger partial charge in [-0.15, -0.1) is 0 Å². The summed E-state index contributed by atoms with van der Waals surface area (Å²) >= 11 is 0. The van der Waals surface area contributed by atoms with Crippen LogP contribution in [0.5, 0.6) is 0 Å². The normalized spacial score (nSPS) is 9.31. The molecule has 0 aliphatic heterocycles. The van der Waals surface area contributed by atoms with Crippen molar-refractivity contribution >= 4 is 11.7 Å². The standard InChI is InChI=1S/C12H15N3O/c1-3-15(4-2)12(16)14-11-8-6-5-7-10(11)9-13/h5-8H,3-4H2,1-2H3,(H,14,16). The summed E-state index contributed by atoms with van der Waals surface area (Å²) in [5.41, 5.74) is 1.03. The van der Waals surface area contributed by atoms with Crippen LogP contribution >= 0.6 is 0 Å². The first-order valence-corrected chi connectivity index (χ1v) is 5.28. The van der Waals surface area contributed by atoms with Gasteiger partial charge in [0.25, 0.3) is 0 Å². The van der Waals surface area contributed by atoms with Gasteiger partial charge in [-0.2, -0.15) is 5.26 Å². The SMILES string of the molecule is CCN(CC)C(=O)Nc1ccccc1C#N. The van der Waals surface area contributed by atoms with Gasteiger partial charge in [0.2, 0.25) is 0 Å². The van der Waals surface area contributed by atoms with Gasteiger partial charge in [0.05, 0.1) is 11.3 Å². The summed E-state index contributed by atoms with van der Waals surface area (Å²) in [7, 11) is 0. The number of anilines is 1. The lowest BCUT2D eigenvalue weighted by molar-refractivity contribution is 0.217. The van der Waals surface area contributed by atoms with Crippen molar-refractivity contribution in [3.63, 3.8) is 0 Å². The molecule has 2 amide bonds. The number of para-hydroxylation sites is 1. The fourth-order valence-electron chi connectivity index (χ4n) is 1.39. The van der Waals surface area contributed by atoms with Gasteiger partial charge in [-0.1, -0.05) is 12.1 Å². The summed E-state index contributed by atoms with van der Waals surface area (Å²) in [6, 6.07) is 8.83. The van der Waals surface area contributed by atoms with Crippen molar-refractivity contribution in [2.45, 2.75) is 13.8 Å². The second-order valence-electron chi connectivity index (χ2n) is 3.26. The number of carbonyl (C=O) groups excluding carboxylic acids is 1. The van der Waals surface area contributed by atoms with Gasteiger partial charge in [-0.05, 0) is 26.0 Å². The molecule has 0 fully saturated rings. The van der Waals surface area contributed by atoms with Gasteiger partial charge in [0.1, 0.15) is 6.07 Å². The van der Waals surface area contributed by atoms with E-state index in [0.717, 1.165) is 0 Å². The maximum absolute atomic E-state index is 11.7. The van der Waals surface area contributed by atoms with Gasteiger partial charge in [-0.3, -0.25) is 0 Å². The van der Waals surface area contributed by atoms with E-state index < -0.39 is 0 Å². The summed E-state index contributed by atoms with van der Waals surface area (Å²) in [6.45, 7) is 5.13. The van der Waals surface area contributed by atoms with E-state index in [2.05, 4.69) is 5.32 Å². The molecule has 0 bridgehead atoms. The maximum Gasteiger partial charge on any atom is 0.321 e. The van der Waals surface area contributed by atoms with Crippen molar-refractivity contribution in [2.75, 3.05) is 18.4 Å². The molecule has 0 unspecified atom stereocenters. The lowest BCUT2D eigenvalue weighted by Gasteiger charge is -2.19. The van der Waals surface area contributed by atoms with Crippen LogP contribution in [0.4, 0.5) is 10.5 Å². The number of carbonyl (C=O) groups is 1. The Hall–Kier alpha value is -2.02. The van der Waals surface area contributed by atoms with Crippen molar-refractivity contribution in [2.24, 2.45) is 0 Å². The summed E-state index contributed by atoms with van der Waals surface area (Å²) in [4.78, 5) is 13.4. The third-order valence-electron chi connectivity index (χ3n) is 2.34. The lowest BCUT2D eigenvalue weighted by Crippen LogP contribution is -2.34. The average molecular weight is 217 g/mol. The number of rotatable bonds is 3. The van der Waals surface area contributed by atoms with E-state index >= 15 is 0 Å². The average Bonchev–Trinajstić information content (AvgIpc) is 2.31. The Kier molecular flexibility index (Phi) is 4.34. The molecule has 4 heteroatoms. The first kappa shape index (κ1) is 12.1. The molecule has 0 radical (unpaired) electrons. The van der Waals surface area contributed by atoms with Crippen molar-refractivity contribution < 1.29 is 4.79 Å². The molecule has 0 atom stereocenters. The highest BCUT2D eigenvalue weighted by Gasteiger charge is 2.10. The molecule has 0 spiro atoms. The highest BCUT2D eigenvalue weighted by molar-refractivity contribution is 5.90. The number of benzene rings is 1. The fraction of sp³-hybridized carbons (Fsp3) is 0.333. The van der Waals surface area contributed by atoms with E-state index in [1.165, 1.54) is 0 Å². The molecular weight excluding hydrogens is 202 g/mol. The zero-order chi connectivity index (χ0) is 12.0. The first-order chi connectivity index (χ1) is 7.72. The second kappa shape index (κ2) is 5.76. The van der Waals surface area contributed by atoms with E-state index in [1.807, 2.05) is 19.9 Å². The number of nitrogens with zero attached hydrogens (tertiary/aromatic N) is 2. The topological polar surface area (TPSA) is 56.1 Å². The van der Waals surface area contributed by atoms with Gasteiger partial charge in [0.15, 0.2) is 0 Å². The van der Waals surface area contributed by atoms with E-state index in [4.69, 9.17) is 5.26 Å². The molecule has 1 rings (SSSR count). The van der Waals surface area contributed by atoms with Gasteiger partial charge in [0, 0.05) is 13.1 Å². The summed E-state index contributed by atoms with van der Waals surface area (Å²) in [5, 5.41) is 11.6. The van der Waals surface area contributed by atoms with Crippen molar-refractivity contribution in [3.8, 4) is 6.07 Å². The number of hydrogen-bond acceptors (Lipinski definition) is 2. The quantitative estimate of drug-likeness (QED) is 0.845. The van der Waals surface area contributed by atoms with E-state index in [9.17, 15) is 4.79 Å². The van der Waals surface area contributed by atoms with Crippen LogP contribution in [0.25, 0.3) is 0 Å². The summed E-state index contributed by atoms with van der Waals surface area (Å²) < 4.78 is 0. The minimum atomic E-state index is -0.173. The molecule has 0 heterocycles. The minimum absolute atomic E-state index is 0.173. The van der Waals surface area contributed by atoms with Crippen LogP contribution in [0.3, 0.4) is 0 Å². The zero-order valence-electron chi connectivity index (χ0n) is 9.53. The van der Waals surface area contributed by atoms with Crippen LogP contribution < -0.4 is 5.32 Å². The van der Waals surface area contributed by atoms with Gasteiger partial charge in [-0.25, -0.2) is 4.79 Å². The molecule has 16 heavy (non-hydrogen) atoms. The third kappa shape index (κ3) is 2.74. The van der Waals surface area contributed by atoms with Crippen LogP contribution in [0.1, 0.15) is 19.4 Å². The van der Waals surface area contributed by atoms with Crippen LogP contribution in [-0.2, 0) is 0 Å². The largest absolute Gasteiger partial charge is 0.325 e. The predicted octanol–water partition coefficient (Wildman–Crippen LogP) is 2.43. The summed E-state index contributed by atoms with van der Waals surface area (Å²) in [6.07, 6.45) is 0. The number of amides is 2. The lowest BCUT2D eigenvalue weighted by atomic mass is 10.2. The zero-order valence-corrected chi connectivity index (χ0v) is 9.53. The summed E-state index contributed by atoms with van der Waals surface area (Å²) in [5.74, 6) is 0. The Bertz CT molecular complexity index is 405. The minimum Gasteiger partial charge on any atom is -0.325 e. The number of nitriles is 1. The van der Waals surface area contributed by atoms with Crippen molar-refractivity contribution in [3.05, 3.63) is 29.8 Å². The monoisotopic (exact) mass is 217 g/mol. The van der Waals surface area contributed by atoms with E-state index in [-0.39, 0.29) is 6.03 Å². The molecule has 0 saturated carbocycles. The van der Waals surface area contributed by atoms with E-state index in [0.29, 0.717) is 24.3 Å². The van der Waals surface area contributed by atoms with Crippen LogP contribution in [0.2, 0.25) is 0 Å². The molecule has 0 saturated heterocycles. The van der Waals surface area contributed by atoms with Crippen molar-refractivity contribution in [1.82, 2.24) is 4.90 Å². The highest BCUT2D eigenvalue weighted by Crippen LogP contribution is 2.13. The maximum atomic E-state index is 11.7. The molecule has 1 aromatic carbocycles. The Labute approximate surface area is 95.5 Å². The number of hydrogen-bond donors (Lipinski definition) is 1. The van der Waals surface area contributed by atoms with E-state index in [1.54, 1.807) is 29.2 Å². The smallest absolute Gasteiger partial charge is 0.321 e. The molecular formula is C12H15N3O. The molecule has 0 aliphatic rings. The fourth-order valence-corrected chi connectivity index (χ4v) is 1.39. The van der Waals surface area contributed by atoms with Crippen LogP contribution in [0.15, 0.2) is 24.3 Å². The van der Waals surface area contributed by atoms with Gasteiger partial charge < -0.3 is 10.2 Å². The molecule has 1 N–H and O–H groups in total. The van der Waals surface area contributed by atoms with Crippen molar-refractivity contribution in [1.29, 1.82) is 5.26 Å². The third-order valence-corrected chi connectivity index (χ3v) is 2.34. The molecule has 4 nitrogen and oxygen atoms in total. The Morgan fingerprint density at radius 1 is 1.38 bits per heavy atom.